The van der Waals surface area contributed by atoms with Crippen molar-refractivity contribution in [1.82, 2.24) is 15.5 Å². The van der Waals surface area contributed by atoms with Crippen LogP contribution < -0.4 is 10.6 Å². The van der Waals surface area contributed by atoms with Crippen molar-refractivity contribution in [2.24, 2.45) is 5.92 Å². The van der Waals surface area contributed by atoms with Crippen molar-refractivity contribution < 1.29 is 24.3 Å². The zero-order valence-corrected chi connectivity index (χ0v) is 19.7. The standard InChI is InChI=1S/C25H37N3O5/c1-18(20-11-7-4-8-12-20)16-28(2)23(30)14-13-21(17-29)26-24(31)22(27-25(32)33)15-19-9-5-3-6-10-19/h4,7-8,11-12,17-19,21-22,27H,3,5-6,9-10,13-16H2,1-2H3,(H,26,31)(H,32,33). The van der Waals surface area contributed by atoms with E-state index in [0.717, 1.165) is 31.2 Å². The summed E-state index contributed by atoms with van der Waals surface area (Å²) in [6.45, 7) is 2.60. The van der Waals surface area contributed by atoms with Gasteiger partial charge in [-0.1, -0.05) is 69.4 Å². The number of likely N-dealkylation sites (N-methyl/N-ethyl adjacent to an activating group) is 1. The molecule has 0 bridgehead atoms. The summed E-state index contributed by atoms with van der Waals surface area (Å²) in [5, 5.41) is 14.0. The number of hydrogen-bond donors (Lipinski definition) is 3. The number of nitrogens with one attached hydrogen (secondary N) is 2. The molecule has 1 saturated carbocycles. The zero-order chi connectivity index (χ0) is 24.2. The number of carboxylic acid groups (broad SMARTS) is 1. The first-order chi connectivity index (χ1) is 15.8. The van der Waals surface area contributed by atoms with Crippen LogP contribution in [-0.2, 0) is 14.4 Å². The third kappa shape index (κ3) is 9.24. The lowest BCUT2D eigenvalue weighted by Gasteiger charge is -2.27. The Hall–Kier alpha value is -2.90. The van der Waals surface area contributed by atoms with Crippen LogP contribution in [0, 0.1) is 5.92 Å². The molecule has 33 heavy (non-hydrogen) atoms. The van der Waals surface area contributed by atoms with E-state index in [1.165, 1.54) is 6.42 Å². The largest absolute Gasteiger partial charge is 0.465 e. The normalized spacial score (nSPS) is 16.8. The Balaban J connectivity index is 1.84. The molecular formula is C25H37N3O5. The number of nitrogens with zero attached hydrogens (tertiary/aromatic N) is 1. The van der Waals surface area contributed by atoms with Gasteiger partial charge in [0.1, 0.15) is 12.3 Å². The predicted octanol–water partition coefficient (Wildman–Crippen LogP) is 3.32. The first-order valence-electron chi connectivity index (χ1n) is 11.8. The molecule has 2 rings (SSSR count). The summed E-state index contributed by atoms with van der Waals surface area (Å²) in [5.41, 5.74) is 1.14. The fraction of sp³-hybridized carbons (Fsp3) is 0.600. The Labute approximate surface area is 196 Å². The van der Waals surface area contributed by atoms with Gasteiger partial charge in [0.2, 0.25) is 11.8 Å². The fourth-order valence-corrected chi connectivity index (χ4v) is 4.46. The molecule has 8 heteroatoms. The first-order valence-corrected chi connectivity index (χ1v) is 11.8. The van der Waals surface area contributed by atoms with E-state index in [4.69, 9.17) is 5.11 Å². The Kier molecular flexibility index (Phi) is 10.9. The average molecular weight is 460 g/mol. The van der Waals surface area contributed by atoms with Crippen LogP contribution in [0.5, 0.6) is 0 Å². The van der Waals surface area contributed by atoms with Gasteiger partial charge in [-0.25, -0.2) is 4.79 Å². The minimum atomic E-state index is -1.27. The van der Waals surface area contributed by atoms with Crippen LogP contribution in [-0.4, -0.2) is 59.9 Å². The van der Waals surface area contributed by atoms with E-state index in [-0.39, 0.29) is 30.6 Å². The molecule has 3 amide bonds. The molecule has 182 valence electrons. The average Bonchev–Trinajstić information content (AvgIpc) is 2.81. The van der Waals surface area contributed by atoms with E-state index < -0.39 is 24.1 Å². The number of benzene rings is 1. The maximum Gasteiger partial charge on any atom is 0.405 e. The predicted molar refractivity (Wildman–Crippen MR) is 126 cm³/mol. The molecule has 1 aliphatic carbocycles. The Morgan fingerprint density at radius 1 is 1.12 bits per heavy atom. The van der Waals surface area contributed by atoms with Crippen LogP contribution >= 0.6 is 0 Å². The highest BCUT2D eigenvalue weighted by Crippen LogP contribution is 2.27. The Bertz CT molecular complexity index is 780. The van der Waals surface area contributed by atoms with Gasteiger partial charge in [-0.3, -0.25) is 9.59 Å². The van der Waals surface area contributed by atoms with Gasteiger partial charge in [-0.05, 0) is 30.2 Å². The highest BCUT2D eigenvalue weighted by Gasteiger charge is 2.27. The number of carbonyl (C=O) groups excluding carboxylic acids is 3. The van der Waals surface area contributed by atoms with E-state index in [1.54, 1.807) is 11.9 Å². The summed E-state index contributed by atoms with van der Waals surface area (Å²) in [6.07, 6.45) is 5.33. The first kappa shape index (κ1) is 26.4. The Morgan fingerprint density at radius 3 is 2.39 bits per heavy atom. The smallest absolute Gasteiger partial charge is 0.405 e. The second-order valence-corrected chi connectivity index (χ2v) is 9.12. The lowest BCUT2D eigenvalue weighted by molar-refractivity contribution is -0.131. The van der Waals surface area contributed by atoms with Gasteiger partial charge in [0.15, 0.2) is 0 Å². The topological polar surface area (TPSA) is 116 Å². The van der Waals surface area contributed by atoms with Crippen molar-refractivity contribution in [3.63, 3.8) is 0 Å². The third-order valence-corrected chi connectivity index (χ3v) is 6.41. The molecule has 8 nitrogen and oxygen atoms in total. The van der Waals surface area contributed by atoms with Gasteiger partial charge in [0.25, 0.3) is 0 Å². The highest BCUT2D eigenvalue weighted by atomic mass is 16.4. The van der Waals surface area contributed by atoms with Crippen molar-refractivity contribution in [1.29, 1.82) is 0 Å². The van der Waals surface area contributed by atoms with Crippen LogP contribution in [0.1, 0.15) is 69.8 Å². The van der Waals surface area contributed by atoms with Gasteiger partial charge >= 0.3 is 6.09 Å². The number of aldehydes is 1. The van der Waals surface area contributed by atoms with Gasteiger partial charge in [-0.15, -0.1) is 0 Å². The van der Waals surface area contributed by atoms with E-state index in [0.29, 0.717) is 19.3 Å². The van der Waals surface area contributed by atoms with Crippen LogP contribution in [0.15, 0.2) is 30.3 Å². The number of carbonyl (C=O) groups is 4. The van der Waals surface area contributed by atoms with E-state index in [9.17, 15) is 19.2 Å². The molecule has 0 spiro atoms. The van der Waals surface area contributed by atoms with E-state index in [1.807, 2.05) is 30.3 Å². The summed E-state index contributed by atoms with van der Waals surface area (Å²) in [6, 6.07) is 8.18. The van der Waals surface area contributed by atoms with Gasteiger partial charge < -0.3 is 25.4 Å². The molecular weight excluding hydrogens is 422 g/mol. The molecule has 0 aromatic heterocycles. The number of amides is 3. The second-order valence-electron chi connectivity index (χ2n) is 9.12. The third-order valence-electron chi connectivity index (χ3n) is 6.41. The molecule has 3 atom stereocenters. The van der Waals surface area contributed by atoms with Crippen molar-refractivity contribution >= 4 is 24.2 Å². The molecule has 1 aliphatic rings. The SMILES string of the molecule is CC(CN(C)C(=O)CCC(C=O)NC(=O)C(CC1CCCCC1)NC(=O)O)c1ccccc1. The summed E-state index contributed by atoms with van der Waals surface area (Å²) in [5.74, 6) is -0.165. The minimum absolute atomic E-state index is 0.110. The highest BCUT2D eigenvalue weighted by molar-refractivity contribution is 5.87. The van der Waals surface area contributed by atoms with Crippen molar-refractivity contribution in [2.75, 3.05) is 13.6 Å². The lowest BCUT2D eigenvalue weighted by Crippen LogP contribution is -2.50. The number of rotatable bonds is 12. The van der Waals surface area contributed by atoms with Crippen LogP contribution in [0.3, 0.4) is 0 Å². The molecule has 1 aromatic rings. The molecule has 0 radical (unpaired) electrons. The molecule has 0 heterocycles. The quantitative estimate of drug-likeness (QED) is 0.415. The molecule has 0 saturated heterocycles. The van der Waals surface area contributed by atoms with Gasteiger partial charge in [0, 0.05) is 20.0 Å². The monoisotopic (exact) mass is 459 g/mol. The fourth-order valence-electron chi connectivity index (χ4n) is 4.46. The summed E-state index contributed by atoms with van der Waals surface area (Å²) < 4.78 is 0. The van der Waals surface area contributed by atoms with Crippen LogP contribution in [0.4, 0.5) is 4.79 Å². The zero-order valence-electron chi connectivity index (χ0n) is 19.7. The minimum Gasteiger partial charge on any atom is -0.465 e. The van der Waals surface area contributed by atoms with Crippen molar-refractivity contribution in [3.05, 3.63) is 35.9 Å². The molecule has 1 fully saturated rings. The molecule has 0 aliphatic heterocycles. The lowest BCUT2D eigenvalue weighted by atomic mass is 9.84. The van der Waals surface area contributed by atoms with Crippen LogP contribution in [0.25, 0.3) is 0 Å². The number of hydrogen-bond acceptors (Lipinski definition) is 4. The maximum absolute atomic E-state index is 12.7. The summed E-state index contributed by atoms with van der Waals surface area (Å²) in [7, 11) is 1.73. The molecule has 3 unspecified atom stereocenters. The van der Waals surface area contributed by atoms with Gasteiger partial charge in [-0.2, -0.15) is 0 Å². The van der Waals surface area contributed by atoms with Crippen LogP contribution in [0.2, 0.25) is 0 Å². The molecule has 3 N–H and O–H groups in total. The van der Waals surface area contributed by atoms with E-state index in [2.05, 4.69) is 17.6 Å². The van der Waals surface area contributed by atoms with Gasteiger partial charge in [0.05, 0.1) is 6.04 Å². The summed E-state index contributed by atoms with van der Waals surface area (Å²) in [4.78, 5) is 49.6. The second kappa shape index (κ2) is 13.6. The Morgan fingerprint density at radius 2 is 1.79 bits per heavy atom. The summed E-state index contributed by atoms with van der Waals surface area (Å²) >= 11 is 0. The molecule has 1 aromatic carbocycles. The van der Waals surface area contributed by atoms with Crippen molar-refractivity contribution in [2.45, 2.75) is 76.3 Å². The van der Waals surface area contributed by atoms with Crippen molar-refractivity contribution in [3.8, 4) is 0 Å². The van der Waals surface area contributed by atoms with E-state index >= 15 is 0 Å². The maximum atomic E-state index is 12.7.